The molecule has 2 aromatic heterocycles. The van der Waals surface area contributed by atoms with Crippen LogP contribution in [0.4, 0.5) is 10.6 Å². The standard InChI is InChI=1S/C21H25N5O4S/c27-20(15-1-2-15)24-18-13-17(16-3-6-22-19(16)23-18)14-4-7-25(8-5-14)21(28)26-9-11-31(29,30)12-10-26/h3-4,6,13,15H,1-2,5,7-12H2,(H2,22,23,24,27). The highest BCUT2D eigenvalue weighted by molar-refractivity contribution is 7.91. The first kappa shape index (κ1) is 20.0. The molecule has 2 aromatic rings. The Bertz CT molecular complexity index is 1170. The largest absolute Gasteiger partial charge is 0.346 e. The Kier molecular flexibility index (Phi) is 4.96. The van der Waals surface area contributed by atoms with E-state index in [-0.39, 0.29) is 42.5 Å². The maximum absolute atomic E-state index is 12.8. The molecule has 4 heterocycles. The van der Waals surface area contributed by atoms with Crippen molar-refractivity contribution in [3.63, 3.8) is 0 Å². The predicted molar refractivity (Wildman–Crippen MR) is 117 cm³/mol. The minimum Gasteiger partial charge on any atom is -0.346 e. The normalized spacial score (nSPS) is 21.1. The number of carbonyl (C=O) groups excluding carboxylic acids is 2. The third-order valence-corrected chi connectivity index (χ3v) is 7.78. The van der Waals surface area contributed by atoms with Crippen molar-refractivity contribution in [2.75, 3.05) is 43.0 Å². The molecule has 0 bridgehead atoms. The molecule has 2 fully saturated rings. The number of hydrogen-bond acceptors (Lipinski definition) is 5. The average molecular weight is 444 g/mol. The number of pyridine rings is 1. The first-order valence-corrected chi connectivity index (χ1v) is 12.4. The van der Waals surface area contributed by atoms with Crippen LogP contribution in [0.1, 0.15) is 24.8 Å². The number of urea groups is 1. The van der Waals surface area contributed by atoms with E-state index in [0.717, 1.165) is 35.0 Å². The lowest BCUT2D eigenvalue weighted by Crippen LogP contribution is -2.50. The molecule has 0 atom stereocenters. The lowest BCUT2D eigenvalue weighted by atomic mass is 9.97. The van der Waals surface area contributed by atoms with Gasteiger partial charge in [0.25, 0.3) is 0 Å². The predicted octanol–water partition coefficient (Wildman–Crippen LogP) is 1.85. The number of nitrogens with zero attached hydrogens (tertiary/aromatic N) is 3. The Labute approximate surface area is 180 Å². The number of carbonyl (C=O) groups is 2. The van der Waals surface area contributed by atoms with E-state index < -0.39 is 9.84 Å². The summed E-state index contributed by atoms with van der Waals surface area (Å²) in [4.78, 5) is 36.0. The molecule has 31 heavy (non-hydrogen) atoms. The van der Waals surface area contributed by atoms with Gasteiger partial charge in [0.1, 0.15) is 11.5 Å². The molecule has 3 aliphatic rings. The molecule has 1 saturated heterocycles. The SMILES string of the molecule is O=C(Nc1cc(C2=CCN(C(=O)N3CCS(=O)(=O)CC3)CC2)c2cc[nH]c2n1)C1CC1. The fourth-order valence-corrected chi connectivity index (χ4v) is 5.33. The first-order valence-electron chi connectivity index (χ1n) is 10.6. The Morgan fingerprint density at radius 1 is 1.13 bits per heavy atom. The van der Waals surface area contributed by atoms with Gasteiger partial charge in [-0.05, 0) is 42.5 Å². The molecule has 0 aromatic carbocycles. The maximum Gasteiger partial charge on any atom is 0.320 e. The Morgan fingerprint density at radius 3 is 2.58 bits per heavy atom. The number of hydrogen-bond donors (Lipinski definition) is 2. The quantitative estimate of drug-likeness (QED) is 0.751. The summed E-state index contributed by atoms with van der Waals surface area (Å²) in [5.74, 6) is 0.720. The van der Waals surface area contributed by atoms with Crippen LogP contribution in [0, 0.1) is 5.92 Å². The van der Waals surface area contributed by atoms with E-state index in [1.165, 1.54) is 0 Å². The number of sulfone groups is 1. The number of rotatable bonds is 3. The highest BCUT2D eigenvalue weighted by atomic mass is 32.2. The van der Waals surface area contributed by atoms with Gasteiger partial charge in [-0.15, -0.1) is 0 Å². The van der Waals surface area contributed by atoms with Crippen LogP contribution in [0.15, 0.2) is 24.4 Å². The highest BCUT2D eigenvalue weighted by Gasteiger charge is 2.31. The first-order chi connectivity index (χ1) is 14.9. The summed E-state index contributed by atoms with van der Waals surface area (Å²) >= 11 is 0. The number of anilines is 1. The molecule has 1 saturated carbocycles. The van der Waals surface area contributed by atoms with Crippen molar-refractivity contribution >= 4 is 44.2 Å². The van der Waals surface area contributed by atoms with Crippen LogP contribution in [0.3, 0.4) is 0 Å². The van der Waals surface area contributed by atoms with E-state index >= 15 is 0 Å². The molecule has 2 aliphatic heterocycles. The van der Waals surface area contributed by atoms with Crippen LogP contribution in [0.5, 0.6) is 0 Å². The zero-order valence-electron chi connectivity index (χ0n) is 17.1. The number of nitrogens with one attached hydrogen (secondary N) is 2. The Morgan fingerprint density at radius 2 is 1.90 bits per heavy atom. The monoisotopic (exact) mass is 443 g/mol. The van der Waals surface area contributed by atoms with Crippen LogP contribution in [0.25, 0.3) is 16.6 Å². The topological polar surface area (TPSA) is 115 Å². The van der Waals surface area contributed by atoms with Gasteiger partial charge < -0.3 is 20.1 Å². The van der Waals surface area contributed by atoms with Crippen LogP contribution < -0.4 is 5.32 Å². The number of aromatic amines is 1. The minimum atomic E-state index is -3.02. The highest BCUT2D eigenvalue weighted by Crippen LogP contribution is 2.33. The molecule has 5 rings (SSSR count). The summed E-state index contributed by atoms with van der Waals surface area (Å²) in [5.41, 5.74) is 2.84. The number of H-pyrrole nitrogens is 1. The lowest BCUT2D eigenvalue weighted by Gasteiger charge is -2.34. The summed E-state index contributed by atoms with van der Waals surface area (Å²) in [5, 5.41) is 3.91. The fraction of sp³-hybridized carbons (Fsp3) is 0.476. The summed E-state index contributed by atoms with van der Waals surface area (Å²) in [6.45, 7) is 1.54. The van der Waals surface area contributed by atoms with E-state index in [1.807, 2.05) is 24.4 Å². The van der Waals surface area contributed by atoms with Crippen molar-refractivity contribution in [3.05, 3.63) is 30.0 Å². The fourth-order valence-electron chi connectivity index (χ4n) is 4.13. The van der Waals surface area contributed by atoms with Crippen molar-refractivity contribution < 1.29 is 18.0 Å². The molecule has 10 heteroatoms. The van der Waals surface area contributed by atoms with Crippen molar-refractivity contribution in [1.82, 2.24) is 19.8 Å². The van der Waals surface area contributed by atoms with Gasteiger partial charge in [-0.2, -0.15) is 0 Å². The van der Waals surface area contributed by atoms with Gasteiger partial charge in [0, 0.05) is 43.7 Å². The van der Waals surface area contributed by atoms with E-state index in [0.29, 0.717) is 25.3 Å². The van der Waals surface area contributed by atoms with Crippen LogP contribution in [0.2, 0.25) is 0 Å². The molecule has 164 valence electrons. The third-order valence-electron chi connectivity index (χ3n) is 6.17. The molecule has 2 N–H and O–H groups in total. The molecule has 0 unspecified atom stereocenters. The molecule has 1 aliphatic carbocycles. The van der Waals surface area contributed by atoms with Gasteiger partial charge in [-0.25, -0.2) is 18.2 Å². The van der Waals surface area contributed by atoms with Gasteiger partial charge in [0.05, 0.1) is 11.5 Å². The van der Waals surface area contributed by atoms with Gasteiger partial charge in [-0.1, -0.05) is 6.08 Å². The third kappa shape index (κ3) is 4.16. The zero-order valence-corrected chi connectivity index (χ0v) is 18.0. The van der Waals surface area contributed by atoms with Gasteiger partial charge in [0.15, 0.2) is 9.84 Å². The van der Waals surface area contributed by atoms with Crippen molar-refractivity contribution in [1.29, 1.82) is 0 Å². The molecular formula is C21H25N5O4S. The van der Waals surface area contributed by atoms with Gasteiger partial charge in [-0.3, -0.25) is 4.79 Å². The summed E-state index contributed by atoms with van der Waals surface area (Å²) in [6.07, 6.45) is 6.41. The summed E-state index contributed by atoms with van der Waals surface area (Å²) in [7, 11) is -3.02. The summed E-state index contributed by atoms with van der Waals surface area (Å²) in [6, 6.07) is 3.77. The Balaban J connectivity index is 1.33. The van der Waals surface area contributed by atoms with Gasteiger partial charge >= 0.3 is 6.03 Å². The second kappa shape index (κ2) is 7.67. The van der Waals surface area contributed by atoms with Crippen LogP contribution in [-0.2, 0) is 14.6 Å². The zero-order chi connectivity index (χ0) is 21.6. The lowest BCUT2D eigenvalue weighted by molar-refractivity contribution is -0.117. The van der Waals surface area contributed by atoms with Crippen molar-refractivity contribution in [2.45, 2.75) is 19.3 Å². The Hall–Kier alpha value is -2.88. The molecule has 3 amide bonds. The number of fused-ring (bicyclic) bond motifs is 1. The van der Waals surface area contributed by atoms with Crippen molar-refractivity contribution in [3.8, 4) is 0 Å². The minimum absolute atomic E-state index is 0.0160. The van der Waals surface area contributed by atoms with Crippen LogP contribution in [-0.4, -0.2) is 77.8 Å². The second-order valence-corrected chi connectivity index (χ2v) is 10.7. The molecule has 0 radical (unpaired) electrons. The smallest absolute Gasteiger partial charge is 0.320 e. The number of amides is 3. The number of aromatic nitrogens is 2. The maximum atomic E-state index is 12.8. The van der Waals surface area contributed by atoms with Crippen LogP contribution >= 0.6 is 0 Å². The van der Waals surface area contributed by atoms with E-state index in [4.69, 9.17) is 0 Å². The molecule has 0 spiro atoms. The second-order valence-electron chi connectivity index (χ2n) is 8.41. The molecular weight excluding hydrogens is 418 g/mol. The molecule has 9 nitrogen and oxygen atoms in total. The van der Waals surface area contributed by atoms with E-state index in [1.54, 1.807) is 9.80 Å². The summed E-state index contributed by atoms with van der Waals surface area (Å²) < 4.78 is 23.2. The van der Waals surface area contributed by atoms with Gasteiger partial charge in [0.2, 0.25) is 5.91 Å². The average Bonchev–Trinajstić information content (AvgIpc) is 3.51. The van der Waals surface area contributed by atoms with E-state index in [2.05, 4.69) is 15.3 Å². The van der Waals surface area contributed by atoms with Crippen molar-refractivity contribution in [2.24, 2.45) is 5.92 Å². The van der Waals surface area contributed by atoms with E-state index in [9.17, 15) is 18.0 Å².